The van der Waals surface area contributed by atoms with Crippen LogP contribution in [0.25, 0.3) is 15.9 Å². The van der Waals surface area contributed by atoms with Crippen molar-refractivity contribution >= 4 is 33.4 Å². The van der Waals surface area contributed by atoms with Gasteiger partial charge in [0.25, 0.3) is 5.91 Å². The van der Waals surface area contributed by atoms with Gasteiger partial charge >= 0.3 is 0 Å². The van der Waals surface area contributed by atoms with E-state index in [4.69, 9.17) is 0 Å². The summed E-state index contributed by atoms with van der Waals surface area (Å²) in [5.41, 5.74) is 5.43. The molecule has 0 aliphatic carbocycles. The Morgan fingerprint density at radius 3 is 2.91 bits per heavy atom. The molecule has 8 heteroatoms. The number of benzene rings is 1. The highest BCUT2D eigenvalue weighted by Gasteiger charge is 2.25. The van der Waals surface area contributed by atoms with E-state index in [0.717, 1.165) is 39.0 Å². The Balaban J connectivity index is 1.43. The lowest BCUT2D eigenvalue weighted by molar-refractivity contribution is -0.124. The molecule has 7 nitrogen and oxygen atoms in total. The number of carbonyl (C=O) groups is 2. The third kappa shape index (κ3) is 4.01. The number of hydrogen-bond acceptors (Lipinski definition) is 5. The van der Waals surface area contributed by atoms with Gasteiger partial charge in [0.15, 0.2) is 0 Å². The van der Waals surface area contributed by atoms with Gasteiger partial charge in [0, 0.05) is 18.9 Å². The Bertz CT molecular complexity index is 1280. The lowest BCUT2D eigenvalue weighted by Crippen LogP contribution is -2.50. The number of rotatable bonds is 5. The zero-order chi connectivity index (χ0) is 22.1. The molecule has 162 valence electrons. The molecule has 4 heterocycles. The van der Waals surface area contributed by atoms with Crippen LogP contribution < -0.4 is 10.6 Å². The maximum atomic E-state index is 13.0. The average Bonchev–Trinajstić information content (AvgIpc) is 3.47. The zero-order valence-corrected chi connectivity index (χ0v) is 18.5. The quantitative estimate of drug-likeness (QED) is 0.493. The van der Waals surface area contributed by atoms with Crippen LogP contribution >= 0.6 is 11.3 Å². The lowest BCUT2D eigenvalue weighted by Gasteiger charge is -2.22. The van der Waals surface area contributed by atoms with Gasteiger partial charge in [-0.15, -0.1) is 11.3 Å². The van der Waals surface area contributed by atoms with E-state index < -0.39 is 6.04 Å². The van der Waals surface area contributed by atoms with Gasteiger partial charge in [-0.05, 0) is 72.5 Å². The van der Waals surface area contributed by atoms with Crippen LogP contribution in [0.2, 0.25) is 0 Å². The fraction of sp³-hybridized carbons (Fsp3) is 0.250. The number of fused-ring (bicyclic) bond motifs is 1. The number of hydrogen-bond donors (Lipinski definition) is 2. The van der Waals surface area contributed by atoms with Crippen molar-refractivity contribution in [2.45, 2.75) is 32.2 Å². The molecule has 1 aliphatic rings. The minimum atomic E-state index is -0.504. The highest BCUT2D eigenvalue weighted by Crippen LogP contribution is 2.30. The molecule has 3 aromatic heterocycles. The molecule has 0 radical (unpaired) electrons. The molecule has 5 rings (SSSR count). The van der Waals surface area contributed by atoms with Crippen molar-refractivity contribution in [3.63, 3.8) is 0 Å². The molecule has 1 unspecified atom stereocenters. The van der Waals surface area contributed by atoms with Gasteiger partial charge in [-0.2, -0.15) is 5.10 Å². The standard InChI is InChI=1S/C24H23N5O2S/c1-15-14-32-22-17(12-16-5-7-18(8-6-16)29-11-3-10-26-29)13-20(27-21(15)22)24(31)28-19-4-2-9-25-23(19)30/h3,5-8,10-11,13-14,19H,2,4,9,12H2,1H3,(H,25,30)(H,28,31). The molecule has 2 N–H and O–H groups in total. The summed E-state index contributed by atoms with van der Waals surface area (Å²) >= 11 is 1.65. The summed E-state index contributed by atoms with van der Waals surface area (Å²) in [6.45, 7) is 2.66. The van der Waals surface area contributed by atoms with Gasteiger partial charge in [-0.25, -0.2) is 9.67 Å². The predicted molar refractivity (Wildman–Crippen MR) is 124 cm³/mol. The molecule has 0 spiro atoms. The van der Waals surface area contributed by atoms with E-state index in [0.29, 0.717) is 25.1 Å². The summed E-state index contributed by atoms with van der Waals surface area (Å²) in [6, 6.07) is 11.5. The SMILES string of the molecule is Cc1csc2c(Cc3ccc(-n4cccn4)cc3)cc(C(=O)NC3CCCNC3=O)nc12. The first kappa shape index (κ1) is 20.4. The van der Waals surface area contributed by atoms with Gasteiger partial charge in [-0.1, -0.05) is 12.1 Å². The normalized spacial score (nSPS) is 16.2. The number of pyridine rings is 1. The van der Waals surface area contributed by atoms with E-state index in [1.54, 1.807) is 17.5 Å². The van der Waals surface area contributed by atoms with Gasteiger partial charge in [0.1, 0.15) is 11.7 Å². The number of thiophene rings is 1. The summed E-state index contributed by atoms with van der Waals surface area (Å²) in [5.74, 6) is -0.440. The zero-order valence-electron chi connectivity index (χ0n) is 17.7. The highest BCUT2D eigenvalue weighted by atomic mass is 32.1. The van der Waals surface area contributed by atoms with Gasteiger partial charge < -0.3 is 10.6 Å². The predicted octanol–water partition coefficient (Wildman–Crippen LogP) is 3.39. The fourth-order valence-electron chi connectivity index (χ4n) is 3.99. The van der Waals surface area contributed by atoms with Gasteiger partial charge in [0.05, 0.1) is 15.9 Å². The fourth-order valence-corrected chi connectivity index (χ4v) is 4.99. The second-order valence-electron chi connectivity index (χ2n) is 8.02. The minimum absolute atomic E-state index is 0.130. The maximum absolute atomic E-state index is 13.0. The van der Waals surface area contributed by atoms with E-state index in [1.165, 1.54) is 0 Å². The first-order valence-corrected chi connectivity index (χ1v) is 11.5. The Kier molecular flexibility index (Phi) is 5.45. The lowest BCUT2D eigenvalue weighted by atomic mass is 10.0. The molecule has 1 aliphatic heterocycles. The Labute approximate surface area is 189 Å². The first-order valence-electron chi connectivity index (χ1n) is 10.6. The van der Waals surface area contributed by atoms with Crippen LogP contribution in [-0.4, -0.2) is 39.2 Å². The summed E-state index contributed by atoms with van der Waals surface area (Å²) in [6.07, 6.45) is 5.85. The van der Waals surface area contributed by atoms with Crippen LogP contribution in [-0.2, 0) is 11.2 Å². The molecular weight excluding hydrogens is 422 g/mol. The van der Waals surface area contributed by atoms with Crippen LogP contribution in [0.5, 0.6) is 0 Å². The van der Waals surface area contributed by atoms with E-state index in [-0.39, 0.29) is 11.8 Å². The van der Waals surface area contributed by atoms with Crippen LogP contribution in [0.3, 0.4) is 0 Å². The largest absolute Gasteiger partial charge is 0.354 e. The highest BCUT2D eigenvalue weighted by molar-refractivity contribution is 7.17. The molecule has 4 aromatic rings. The Morgan fingerprint density at radius 1 is 1.31 bits per heavy atom. The molecule has 1 atom stereocenters. The number of nitrogens with one attached hydrogen (secondary N) is 2. The van der Waals surface area contributed by atoms with Crippen molar-refractivity contribution in [2.75, 3.05) is 6.54 Å². The number of piperidine rings is 1. The van der Waals surface area contributed by atoms with Crippen molar-refractivity contribution in [1.29, 1.82) is 0 Å². The van der Waals surface area contributed by atoms with Gasteiger partial charge in [-0.3, -0.25) is 9.59 Å². The monoisotopic (exact) mass is 445 g/mol. The van der Waals surface area contributed by atoms with E-state index in [9.17, 15) is 9.59 Å². The van der Waals surface area contributed by atoms with Crippen molar-refractivity contribution < 1.29 is 9.59 Å². The number of amides is 2. The molecule has 1 aromatic carbocycles. The third-order valence-electron chi connectivity index (χ3n) is 5.70. The number of carbonyl (C=O) groups excluding carboxylic acids is 2. The van der Waals surface area contributed by atoms with E-state index in [1.807, 2.05) is 42.1 Å². The smallest absolute Gasteiger partial charge is 0.270 e. The molecule has 2 amide bonds. The molecule has 0 bridgehead atoms. The average molecular weight is 446 g/mol. The topological polar surface area (TPSA) is 88.9 Å². The summed E-state index contributed by atoms with van der Waals surface area (Å²) in [7, 11) is 0. The van der Waals surface area contributed by atoms with Gasteiger partial charge in [0.2, 0.25) is 5.91 Å². The van der Waals surface area contributed by atoms with Crippen LogP contribution in [0, 0.1) is 6.92 Å². The Morgan fingerprint density at radius 2 is 2.16 bits per heavy atom. The second-order valence-corrected chi connectivity index (χ2v) is 8.90. The summed E-state index contributed by atoms with van der Waals surface area (Å²) < 4.78 is 2.91. The van der Waals surface area contributed by atoms with Crippen molar-refractivity contribution in [2.24, 2.45) is 0 Å². The third-order valence-corrected chi connectivity index (χ3v) is 6.86. The second kappa shape index (κ2) is 8.55. The Hall–Kier alpha value is -3.52. The van der Waals surface area contributed by atoms with Crippen molar-refractivity contribution in [3.8, 4) is 5.69 Å². The number of aromatic nitrogens is 3. The number of aryl methyl sites for hydroxylation is 1. The van der Waals surface area contributed by atoms with Crippen LogP contribution in [0.1, 0.15) is 40.0 Å². The van der Waals surface area contributed by atoms with E-state index in [2.05, 4.69) is 38.2 Å². The maximum Gasteiger partial charge on any atom is 0.270 e. The minimum Gasteiger partial charge on any atom is -0.354 e. The van der Waals surface area contributed by atoms with Crippen molar-refractivity contribution in [1.82, 2.24) is 25.4 Å². The first-order chi connectivity index (χ1) is 15.6. The van der Waals surface area contributed by atoms with Crippen molar-refractivity contribution in [3.05, 3.63) is 76.6 Å². The number of nitrogens with zero attached hydrogens (tertiary/aromatic N) is 3. The summed E-state index contributed by atoms with van der Waals surface area (Å²) in [5, 5.41) is 12.0. The molecule has 1 saturated heterocycles. The molecule has 0 saturated carbocycles. The molecule has 32 heavy (non-hydrogen) atoms. The van der Waals surface area contributed by atoms with Crippen LogP contribution in [0.15, 0.2) is 54.2 Å². The summed E-state index contributed by atoms with van der Waals surface area (Å²) in [4.78, 5) is 29.6. The molecule has 1 fully saturated rings. The van der Waals surface area contributed by atoms with Crippen LogP contribution in [0.4, 0.5) is 0 Å². The van der Waals surface area contributed by atoms with E-state index >= 15 is 0 Å². The molecular formula is C24H23N5O2S.